The molecule has 0 aromatic heterocycles. The Balaban J connectivity index is 1.52. The highest BCUT2D eigenvalue weighted by molar-refractivity contribution is 9.10. The smallest absolute Gasteiger partial charge is 0.293 e. The van der Waals surface area contributed by atoms with Crippen molar-refractivity contribution in [1.82, 2.24) is 4.90 Å². The molecule has 0 bridgehead atoms. The van der Waals surface area contributed by atoms with Gasteiger partial charge >= 0.3 is 0 Å². The Morgan fingerprint density at radius 1 is 1.00 bits per heavy atom. The summed E-state index contributed by atoms with van der Waals surface area (Å²) in [6, 6.07) is 17.0. The van der Waals surface area contributed by atoms with Gasteiger partial charge in [0.25, 0.3) is 11.1 Å². The molecule has 1 aliphatic heterocycles. The van der Waals surface area contributed by atoms with Crippen molar-refractivity contribution in [3.8, 4) is 11.5 Å². The van der Waals surface area contributed by atoms with E-state index in [4.69, 9.17) is 9.47 Å². The molecule has 174 valence electrons. The molecule has 0 saturated carbocycles. The Hall–Kier alpha value is -2.62. The minimum atomic E-state index is -0.343. The zero-order chi connectivity index (χ0) is 24.2. The molecule has 3 aromatic carbocycles. The zero-order valence-electron chi connectivity index (χ0n) is 17.9. The third-order valence-electron chi connectivity index (χ3n) is 4.97. The van der Waals surface area contributed by atoms with E-state index in [1.807, 2.05) is 24.3 Å². The fourth-order valence-corrected chi connectivity index (χ4v) is 4.94. The van der Waals surface area contributed by atoms with Gasteiger partial charge in [0.1, 0.15) is 12.4 Å². The highest BCUT2D eigenvalue weighted by Gasteiger charge is 2.35. The van der Waals surface area contributed by atoms with Gasteiger partial charge in [-0.05, 0) is 86.9 Å². The number of methoxy groups -OCH3 is 1. The van der Waals surface area contributed by atoms with E-state index in [1.54, 1.807) is 30.3 Å². The van der Waals surface area contributed by atoms with Crippen molar-refractivity contribution in [1.29, 1.82) is 0 Å². The Labute approximate surface area is 217 Å². The minimum absolute atomic E-state index is 0.207. The first-order valence-corrected chi connectivity index (χ1v) is 12.5. The first kappa shape index (κ1) is 24.5. The highest BCUT2D eigenvalue weighted by atomic mass is 79.9. The summed E-state index contributed by atoms with van der Waals surface area (Å²) in [6.45, 7) is 0.433. The van der Waals surface area contributed by atoms with Gasteiger partial charge in [0.2, 0.25) is 0 Å². The molecule has 9 heteroatoms. The second kappa shape index (κ2) is 10.8. The van der Waals surface area contributed by atoms with Crippen LogP contribution in [0.1, 0.15) is 16.7 Å². The number of hydrogen-bond acceptors (Lipinski definition) is 5. The average Bonchev–Trinajstić information content (AvgIpc) is 3.07. The van der Waals surface area contributed by atoms with Crippen molar-refractivity contribution in [3.63, 3.8) is 0 Å². The number of imide groups is 1. The van der Waals surface area contributed by atoms with E-state index in [2.05, 4.69) is 31.9 Å². The van der Waals surface area contributed by atoms with Crippen molar-refractivity contribution in [2.45, 2.75) is 13.2 Å². The second-order valence-corrected chi connectivity index (χ2v) is 10.1. The number of rotatable bonds is 7. The molecule has 0 atom stereocenters. The van der Waals surface area contributed by atoms with Crippen LogP contribution in [-0.2, 0) is 17.9 Å². The van der Waals surface area contributed by atoms with Crippen LogP contribution in [0.2, 0.25) is 0 Å². The van der Waals surface area contributed by atoms with Crippen LogP contribution in [-0.4, -0.2) is 23.2 Å². The fourth-order valence-electron chi connectivity index (χ4n) is 3.26. The van der Waals surface area contributed by atoms with Gasteiger partial charge in [-0.3, -0.25) is 14.5 Å². The first-order valence-electron chi connectivity index (χ1n) is 10.1. The standard InChI is InChI=1S/C25H18Br2FNO4S/c1-32-21-11-17(10-20(27)23(21)33-14-16-4-8-19(28)9-5-16)12-22-24(30)29(25(31)34-22)13-15-2-6-18(26)7-3-15/h2-12H,13-14H2,1H3/b22-12-. The van der Waals surface area contributed by atoms with E-state index >= 15 is 0 Å². The minimum Gasteiger partial charge on any atom is -0.493 e. The fraction of sp³-hybridized carbons (Fsp3) is 0.120. The molecule has 1 aliphatic rings. The van der Waals surface area contributed by atoms with Crippen molar-refractivity contribution in [3.05, 3.63) is 97.0 Å². The zero-order valence-corrected chi connectivity index (χ0v) is 21.9. The molecule has 5 nitrogen and oxygen atoms in total. The molecule has 34 heavy (non-hydrogen) atoms. The van der Waals surface area contributed by atoms with Gasteiger partial charge in [-0.1, -0.05) is 40.2 Å². The summed E-state index contributed by atoms with van der Waals surface area (Å²) in [4.78, 5) is 26.9. The molecule has 4 rings (SSSR count). The number of carbonyl (C=O) groups is 2. The first-order chi connectivity index (χ1) is 16.3. The van der Waals surface area contributed by atoms with Gasteiger partial charge in [-0.15, -0.1) is 0 Å². The predicted molar refractivity (Wildman–Crippen MR) is 137 cm³/mol. The van der Waals surface area contributed by atoms with Crippen molar-refractivity contribution < 1.29 is 23.5 Å². The molecular weight excluding hydrogens is 589 g/mol. The predicted octanol–water partition coefficient (Wildman–Crippen LogP) is 7.17. The van der Waals surface area contributed by atoms with Crippen LogP contribution < -0.4 is 9.47 Å². The second-order valence-electron chi connectivity index (χ2n) is 7.34. The van der Waals surface area contributed by atoms with Crippen LogP contribution in [0.15, 0.2) is 74.5 Å². The molecule has 0 unspecified atom stereocenters. The third-order valence-corrected chi connectivity index (χ3v) is 7.00. The number of amides is 2. The summed E-state index contributed by atoms with van der Waals surface area (Å²) in [5.74, 6) is 0.280. The Bertz CT molecular complexity index is 1260. The highest BCUT2D eigenvalue weighted by Crippen LogP contribution is 2.39. The Morgan fingerprint density at radius 2 is 1.68 bits per heavy atom. The molecule has 1 heterocycles. The number of ether oxygens (including phenoxy) is 2. The van der Waals surface area contributed by atoms with Crippen molar-refractivity contribution >= 4 is 60.8 Å². The van der Waals surface area contributed by atoms with E-state index in [0.717, 1.165) is 27.4 Å². The molecule has 0 aliphatic carbocycles. The molecule has 0 spiro atoms. The quantitative estimate of drug-likeness (QED) is 0.267. The van der Waals surface area contributed by atoms with E-state index in [9.17, 15) is 14.0 Å². The Morgan fingerprint density at radius 3 is 2.35 bits per heavy atom. The maximum atomic E-state index is 13.1. The van der Waals surface area contributed by atoms with Crippen LogP contribution >= 0.6 is 43.6 Å². The number of nitrogens with zero attached hydrogens (tertiary/aromatic N) is 1. The largest absolute Gasteiger partial charge is 0.493 e. The lowest BCUT2D eigenvalue weighted by molar-refractivity contribution is -0.123. The van der Waals surface area contributed by atoms with E-state index in [0.29, 0.717) is 26.4 Å². The number of halogens is 3. The normalized spacial score (nSPS) is 14.7. The van der Waals surface area contributed by atoms with E-state index < -0.39 is 0 Å². The molecule has 2 amide bonds. The van der Waals surface area contributed by atoms with Gasteiger partial charge in [-0.2, -0.15) is 0 Å². The lowest BCUT2D eigenvalue weighted by Gasteiger charge is -2.14. The van der Waals surface area contributed by atoms with Gasteiger partial charge < -0.3 is 9.47 Å². The maximum Gasteiger partial charge on any atom is 0.293 e. The summed E-state index contributed by atoms with van der Waals surface area (Å²) < 4.78 is 26.0. The van der Waals surface area contributed by atoms with Crippen molar-refractivity contribution in [2.75, 3.05) is 7.11 Å². The third kappa shape index (κ3) is 5.71. The summed E-state index contributed by atoms with van der Waals surface area (Å²) in [6.07, 6.45) is 1.66. The molecular formula is C25H18Br2FNO4S. The van der Waals surface area contributed by atoms with Crippen LogP contribution in [0.5, 0.6) is 11.5 Å². The topological polar surface area (TPSA) is 55.8 Å². The number of hydrogen-bond donors (Lipinski definition) is 0. The summed E-state index contributed by atoms with van der Waals surface area (Å²) in [5.41, 5.74) is 2.34. The summed E-state index contributed by atoms with van der Waals surface area (Å²) in [5, 5.41) is -0.315. The molecule has 0 radical (unpaired) electrons. The SMILES string of the molecule is COc1cc(/C=C2\SC(=O)N(Cc3ccc(Br)cc3)C2=O)cc(Br)c1OCc1ccc(F)cc1. The Kier molecular flexibility index (Phi) is 7.75. The molecule has 0 N–H and O–H groups in total. The number of carbonyl (C=O) groups excluding carboxylic acids is 2. The monoisotopic (exact) mass is 605 g/mol. The molecule has 1 fully saturated rings. The van der Waals surface area contributed by atoms with Crippen molar-refractivity contribution in [2.24, 2.45) is 0 Å². The lowest BCUT2D eigenvalue weighted by Crippen LogP contribution is -2.27. The average molecular weight is 607 g/mol. The van der Waals surface area contributed by atoms with Gasteiger partial charge in [0.05, 0.1) is 23.0 Å². The number of thioether (sulfide) groups is 1. The summed E-state index contributed by atoms with van der Waals surface area (Å²) >= 11 is 7.78. The summed E-state index contributed by atoms with van der Waals surface area (Å²) in [7, 11) is 1.52. The lowest BCUT2D eigenvalue weighted by atomic mass is 10.1. The van der Waals surface area contributed by atoms with E-state index in [1.165, 1.54) is 24.1 Å². The number of benzene rings is 3. The molecule has 1 saturated heterocycles. The van der Waals surface area contributed by atoms with E-state index in [-0.39, 0.29) is 30.1 Å². The van der Waals surface area contributed by atoms with Gasteiger partial charge in [0.15, 0.2) is 11.5 Å². The van der Waals surface area contributed by atoms with Gasteiger partial charge in [-0.25, -0.2) is 4.39 Å². The maximum absolute atomic E-state index is 13.1. The van der Waals surface area contributed by atoms with Crippen LogP contribution in [0, 0.1) is 5.82 Å². The van der Waals surface area contributed by atoms with Crippen LogP contribution in [0.25, 0.3) is 6.08 Å². The van der Waals surface area contributed by atoms with Crippen LogP contribution in [0.3, 0.4) is 0 Å². The molecule has 3 aromatic rings. The van der Waals surface area contributed by atoms with Crippen LogP contribution in [0.4, 0.5) is 9.18 Å². The van der Waals surface area contributed by atoms with Gasteiger partial charge in [0, 0.05) is 4.47 Å².